The Balaban J connectivity index is 3.11. The molecule has 0 aliphatic heterocycles. The van der Waals surface area contributed by atoms with Gasteiger partial charge >= 0.3 is 5.97 Å². The van der Waals surface area contributed by atoms with Crippen LogP contribution in [-0.4, -0.2) is 17.5 Å². The van der Waals surface area contributed by atoms with Gasteiger partial charge in [0.2, 0.25) is 0 Å². The van der Waals surface area contributed by atoms with Gasteiger partial charge in [0.15, 0.2) is 0 Å². The summed E-state index contributed by atoms with van der Waals surface area (Å²) in [6, 6.07) is 5.60. The fourth-order valence-corrected chi connectivity index (χ4v) is 1.53. The van der Waals surface area contributed by atoms with E-state index in [1.54, 1.807) is 13.0 Å². The summed E-state index contributed by atoms with van der Waals surface area (Å²) in [5, 5.41) is 19.4. The van der Waals surface area contributed by atoms with Crippen LogP contribution in [-0.2, 0) is 9.53 Å². The molecule has 1 aromatic carbocycles. The second-order valence-corrected chi connectivity index (χ2v) is 3.77. The summed E-state index contributed by atoms with van der Waals surface area (Å²) < 4.78 is 4.69. The van der Waals surface area contributed by atoms with E-state index in [9.17, 15) is 14.9 Å². The molecule has 0 unspecified atom stereocenters. The quantitative estimate of drug-likeness (QED) is 0.278. The van der Waals surface area contributed by atoms with Gasteiger partial charge in [-0.3, -0.25) is 10.1 Å². The first-order valence-corrected chi connectivity index (χ1v) is 5.60. The molecular weight excluding hydrogens is 272 g/mol. The molecule has 0 amide bonds. The minimum Gasteiger partial charge on any atom is -0.462 e. The van der Waals surface area contributed by atoms with Gasteiger partial charge in [0.25, 0.3) is 5.69 Å². The highest BCUT2D eigenvalue weighted by molar-refractivity contribution is 6.32. The van der Waals surface area contributed by atoms with Gasteiger partial charge in [-0.05, 0) is 30.7 Å². The number of ether oxygens (including phenoxy) is 1. The minimum absolute atomic E-state index is 0.0695. The van der Waals surface area contributed by atoms with Crippen molar-refractivity contribution >= 4 is 29.3 Å². The smallest absolute Gasteiger partial charge is 0.348 e. The summed E-state index contributed by atoms with van der Waals surface area (Å²) >= 11 is 5.72. The zero-order chi connectivity index (χ0) is 14.4. The van der Waals surface area contributed by atoms with Crippen LogP contribution in [0.15, 0.2) is 23.8 Å². The van der Waals surface area contributed by atoms with Gasteiger partial charge in [0.1, 0.15) is 16.7 Å². The predicted octanol–water partition coefficient (Wildman–Crippen LogP) is 2.72. The number of carbonyl (C=O) groups is 1. The van der Waals surface area contributed by atoms with E-state index in [1.165, 1.54) is 24.3 Å². The Kier molecular flexibility index (Phi) is 5.03. The molecule has 7 heteroatoms. The monoisotopic (exact) mass is 280 g/mol. The Labute approximate surface area is 114 Å². The molecule has 0 aliphatic rings. The summed E-state index contributed by atoms with van der Waals surface area (Å²) in [6.07, 6.45) is 1.26. The van der Waals surface area contributed by atoms with Gasteiger partial charge in [-0.2, -0.15) is 5.26 Å². The molecule has 0 spiro atoms. The Morgan fingerprint density at radius 2 is 2.32 bits per heavy atom. The number of hydrogen-bond acceptors (Lipinski definition) is 5. The van der Waals surface area contributed by atoms with E-state index in [4.69, 9.17) is 16.9 Å². The van der Waals surface area contributed by atoms with E-state index < -0.39 is 10.9 Å². The molecule has 0 heterocycles. The highest BCUT2D eigenvalue weighted by Crippen LogP contribution is 2.25. The molecule has 1 aromatic rings. The van der Waals surface area contributed by atoms with Crippen LogP contribution in [0.4, 0.5) is 5.69 Å². The Morgan fingerprint density at radius 1 is 1.63 bits per heavy atom. The largest absolute Gasteiger partial charge is 0.462 e. The highest BCUT2D eigenvalue weighted by atomic mass is 35.5. The van der Waals surface area contributed by atoms with Gasteiger partial charge in [0.05, 0.1) is 11.5 Å². The fraction of sp³-hybridized carbons (Fsp3) is 0.167. The van der Waals surface area contributed by atoms with Gasteiger partial charge in [-0.1, -0.05) is 11.6 Å². The maximum atomic E-state index is 11.4. The third-order valence-electron chi connectivity index (χ3n) is 2.10. The molecule has 0 bridgehead atoms. The lowest BCUT2D eigenvalue weighted by molar-refractivity contribution is -0.384. The van der Waals surface area contributed by atoms with Crippen LogP contribution >= 0.6 is 11.6 Å². The number of nitriles is 1. The maximum absolute atomic E-state index is 11.4. The van der Waals surface area contributed by atoms with Crippen LogP contribution in [0.5, 0.6) is 0 Å². The molecule has 0 N–H and O–H groups in total. The van der Waals surface area contributed by atoms with Gasteiger partial charge in [0, 0.05) is 6.07 Å². The normalized spacial score (nSPS) is 10.7. The third kappa shape index (κ3) is 3.79. The fourth-order valence-electron chi connectivity index (χ4n) is 1.27. The Bertz CT molecular complexity index is 590. The number of nitrogens with zero attached hydrogens (tertiary/aromatic N) is 2. The summed E-state index contributed by atoms with van der Waals surface area (Å²) in [6.45, 7) is 1.77. The standard InChI is InChI=1S/C12H9ClN2O4/c1-2-19-12(16)9(7-14)5-8-3-4-11(15(17)18)10(13)6-8/h3-6H,2H2,1H3. The SMILES string of the molecule is CCOC(=O)C(C#N)=Cc1ccc([N+](=O)[O-])c(Cl)c1. The van der Waals surface area contributed by atoms with Crippen molar-refractivity contribution in [3.8, 4) is 6.07 Å². The van der Waals surface area contributed by atoms with E-state index in [-0.39, 0.29) is 22.9 Å². The lowest BCUT2D eigenvalue weighted by atomic mass is 10.1. The van der Waals surface area contributed by atoms with Crippen molar-refractivity contribution in [3.05, 3.63) is 44.5 Å². The Morgan fingerprint density at radius 3 is 2.79 bits per heavy atom. The van der Waals surface area contributed by atoms with E-state index in [2.05, 4.69) is 4.74 Å². The minimum atomic E-state index is -0.750. The number of esters is 1. The summed E-state index contributed by atoms with van der Waals surface area (Å²) in [5.74, 6) is -0.750. The highest BCUT2D eigenvalue weighted by Gasteiger charge is 2.13. The number of carbonyl (C=O) groups excluding carboxylic acids is 1. The number of benzene rings is 1. The molecule has 0 radical (unpaired) electrons. The van der Waals surface area contributed by atoms with Crippen molar-refractivity contribution in [2.75, 3.05) is 6.61 Å². The van der Waals surface area contributed by atoms with Gasteiger partial charge in [-0.25, -0.2) is 4.79 Å². The molecular formula is C12H9ClN2O4. The maximum Gasteiger partial charge on any atom is 0.348 e. The van der Waals surface area contributed by atoms with E-state index in [1.807, 2.05) is 0 Å². The first kappa shape index (κ1) is 14.7. The average molecular weight is 281 g/mol. The average Bonchev–Trinajstić information content (AvgIpc) is 2.35. The van der Waals surface area contributed by atoms with Gasteiger partial charge < -0.3 is 4.74 Å². The topological polar surface area (TPSA) is 93.2 Å². The predicted molar refractivity (Wildman–Crippen MR) is 68.3 cm³/mol. The van der Waals surface area contributed by atoms with E-state index in [0.29, 0.717) is 5.56 Å². The molecule has 6 nitrogen and oxygen atoms in total. The van der Waals surface area contributed by atoms with Crippen molar-refractivity contribution in [1.29, 1.82) is 5.26 Å². The van der Waals surface area contributed by atoms with Crippen LogP contribution in [0.1, 0.15) is 12.5 Å². The molecule has 0 saturated heterocycles. The summed E-state index contributed by atoms with van der Waals surface area (Å²) in [7, 11) is 0. The van der Waals surface area contributed by atoms with Gasteiger partial charge in [-0.15, -0.1) is 0 Å². The van der Waals surface area contributed by atoms with Crippen LogP contribution in [0.25, 0.3) is 6.08 Å². The second-order valence-electron chi connectivity index (χ2n) is 3.36. The van der Waals surface area contributed by atoms with Crippen molar-refractivity contribution in [3.63, 3.8) is 0 Å². The van der Waals surface area contributed by atoms with Crippen molar-refractivity contribution in [2.24, 2.45) is 0 Å². The third-order valence-corrected chi connectivity index (χ3v) is 2.40. The number of halogens is 1. The molecule has 0 fully saturated rings. The number of rotatable bonds is 4. The van der Waals surface area contributed by atoms with Crippen LogP contribution in [0, 0.1) is 21.4 Å². The zero-order valence-corrected chi connectivity index (χ0v) is 10.7. The molecule has 19 heavy (non-hydrogen) atoms. The molecule has 98 valence electrons. The van der Waals surface area contributed by atoms with E-state index in [0.717, 1.165) is 0 Å². The van der Waals surface area contributed by atoms with E-state index >= 15 is 0 Å². The molecule has 0 saturated carbocycles. The van der Waals surface area contributed by atoms with Crippen molar-refractivity contribution < 1.29 is 14.5 Å². The lowest BCUT2D eigenvalue weighted by Gasteiger charge is -2.00. The lowest BCUT2D eigenvalue weighted by Crippen LogP contribution is -2.06. The zero-order valence-electron chi connectivity index (χ0n) is 9.92. The number of nitro benzene ring substituents is 1. The number of hydrogen-bond donors (Lipinski definition) is 0. The van der Waals surface area contributed by atoms with Crippen molar-refractivity contribution in [1.82, 2.24) is 0 Å². The van der Waals surface area contributed by atoms with Crippen molar-refractivity contribution in [2.45, 2.75) is 6.92 Å². The first-order chi connectivity index (χ1) is 8.99. The Hall–Kier alpha value is -2.39. The van der Waals surface area contributed by atoms with Crippen LogP contribution in [0.2, 0.25) is 5.02 Å². The molecule has 0 atom stereocenters. The molecule has 0 aliphatic carbocycles. The summed E-state index contributed by atoms with van der Waals surface area (Å²) in [5.41, 5.74) is -0.0413. The second kappa shape index (κ2) is 6.52. The first-order valence-electron chi connectivity index (χ1n) is 5.22. The van der Waals surface area contributed by atoms with Crippen LogP contribution < -0.4 is 0 Å². The molecule has 1 rings (SSSR count). The summed E-state index contributed by atoms with van der Waals surface area (Å²) in [4.78, 5) is 21.3. The molecule has 0 aromatic heterocycles. The number of nitro groups is 1. The van der Waals surface area contributed by atoms with Crippen LogP contribution in [0.3, 0.4) is 0 Å².